The highest BCUT2D eigenvalue weighted by Crippen LogP contribution is 2.17. The molecule has 2 aromatic carbocycles. The molecule has 2 N–H and O–H groups in total. The van der Waals surface area contributed by atoms with E-state index in [-0.39, 0.29) is 11.4 Å². The smallest absolute Gasteiger partial charge is 0.269 e. The highest BCUT2D eigenvalue weighted by molar-refractivity contribution is 5.49. The molecule has 0 saturated carbocycles. The van der Waals surface area contributed by atoms with Gasteiger partial charge in [-0.3, -0.25) is 20.2 Å². The van der Waals surface area contributed by atoms with Gasteiger partial charge >= 0.3 is 0 Å². The summed E-state index contributed by atoms with van der Waals surface area (Å²) in [6, 6.07) is 13.0. The number of nitrogens with zero attached hydrogens (tertiary/aromatic N) is 6. The minimum Gasteiger partial charge on any atom is -0.385 e. The molecule has 0 bridgehead atoms. The number of nitrogens with one attached hydrogen (secondary N) is 2. The molecule has 0 unspecified atom stereocenters. The van der Waals surface area contributed by atoms with Gasteiger partial charge in [0, 0.05) is 99.7 Å². The molecular formula is C28H38N8O5. The number of benzene rings is 2. The topological polar surface area (TPSA) is 133 Å². The second-order valence-electron chi connectivity index (χ2n) is 9.91. The monoisotopic (exact) mass is 566 g/mol. The summed E-state index contributed by atoms with van der Waals surface area (Å²) in [6.45, 7) is 8.20. The van der Waals surface area contributed by atoms with Crippen LogP contribution in [0.4, 0.5) is 22.7 Å². The fraction of sp³-hybridized carbons (Fsp3) is 0.429. The van der Waals surface area contributed by atoms with E-state index in [1.807, 2.05) is 0 Å². The first-order valence-electron chi connectivity index (χ1n) is 13.8. The van der Waals surface area contributed by atoms with Crippen molar-refractivity contribution >= 4 is 22.7 Å². The third-order valence-corrected chi connectivity index (χ3v) is 6.81. The van der Waals surface area contributed by atoms with Crippen molar-refractivity contribution in [2.75, 3.05) is 76.5 Å². The van der Waals surface area contributed by atoms with Crippen molar-refractivity contribution < 1.29 is 14.6 Å². The number of ether oxygens (including phenoxy) is 1. The molecule has 220 valence electrons. The van der Waals surface area contributed by atoms with Crippen LogP contribution >= 0.6 is 0 Å². The zero-order valence-electron chi connectivity index (χ0n) is 23.1. The lowest BCUT2D eigenvalue weighted by Crippen LogP contribution is -2.31. The van der Waals surface area contributed by atoms with E-state index in [0.717, 1.165) is 76.8 Å². The maximum atomic E-state index is 10.7. The van der Waals surface area contributed by atoms with Gasteiger partial charge in [-0.2, -0.15) is 0 Å². The van der Waals surface area contributed by atoms with E-state index < -0.39 is 9.85 Å². The number of nitro benzene ring substituents is 2. The van der Waals surface area contributed by atoms with Crippen molar-refractivity contribution in [1.82, 2.24) is 19.6 Å². The molecule has 2 heterocycles. The largest absolute Gasteiger partial charge is 0.385 e. The molecule has 13 nitrogen and oxygen atoms in total. The Morgan fingerprint density at radius 3 is 1.34 bits per heavy atom. The van der Waals surface area contributed by atoms with Crippen LogP contribution in [0.15, 0.2) is 73.3 Å². The van der Waals surface area contributed by atoms with E-state index in [2.05, 4.69) is 55.0 Å². The van der Waals surface area contributed by atoms with Gasteiger partial charge < -0.3 is 35.0 Å². The highest BCUT2D eigenvalue weighted by Gasteiger charge is 2.13. The Hall–Kier alpha value is -4.52. The predicted octanol–water partition coefficient (Wildman–Crippen LogP) is 3.92. The average molecular weight is 567 g/mol. The van der Waals surface area contributed by atoms with Crippen LogP contribution in [0.1, 0.15) is 12.8 Å². The fourth-order valence-electron chi connectivity index (χ4n) is 4.51. The van der Waals surface area contributed by atoms with Crippen LogP contribution in [0.3, 0.4) is 0 Å². The van der Waals surface area contributed by atoms with Gasteiger partial charge in [0.1, 0.15) is 0 Å². The van der Waals surface area contributed by atoms with Crippen molar-refractivity contribution in [2.24, 2.45) is 0 Å². The standard InChI is InChI=1S/C28H38N8O5/c37-35(38)27-7-3-25(4-8-27)29-11-1-13-31-15-17-33(23-31)19-21-41-22-20-34-18-16-32(24-34)14-2-12-30-26-5-9-28(10-6-26)36(39)40/h3-10,15-18,29-30H,1-2,11-14,19-24H2. The second kappa shape index (κ2) is 15.3. The number of hydrogen-bond donors (Lipinski definition) is 2. The minimum atomic E-state index is -0.393. The number of nitro groups is 2. The van der Waals surface area contributed by atoms with Crippen molar-refractivity contribution in [3.8, 4) is 0 Å². The first kappa shape index (κ1) is 29.5. The van der Waals surface area contributed by atoms with Crippen LogP contribution in [-0.2, 0) is 4.74 Å². The molecule has 13 heteroatoms. The predicted molar refractivity (Wildman–Crippen MR) is 158 cm³/mol. The van der Waals surface area contributed by atoms with Crippen LogP contribution in [0, 0.1) is 20.2 Å². The van der Waals surface area contributed by atoms with Crippen LogP contribution < -0.4 is 10.6 Å². The number of non-ortho nitro benzene ring substituents is 2. The molecule has 0 aromatic heterocycles. The van der Waals surface area contributed by atoms with Gasteiger partial charge in [0.25, 0.3) is 11.4 Å². The summed E-state index contributed by atoms with van der Waals surface area (Å²) >= 11 is 0. The summed E-state index contributed by atoms with van der Waals surface area (Å²) in [5.74, 6) is 0. The Balaban J connectivity index is 0.967. The van der Waals surface area contributed by atoms with Crippen molar-refractivity contribution in [3.63, 3.8) is 0 Å². The molecular weight excluding hydrogens is 528 g/mol. The number of rotatable bonds is 18. The Bertz CT molecular complexity index is 1080. The normalized spacial score (nSPS) is 14.2. The fourth-order valence-corrected chi connectivity index (χ4v) is 4.51. The lowest BCUT2D eigenvalue weighted by atomic mass is 10.3. The number of hydrogen-bond acceptors (Lipinski definition) is 11. The van der Waals surface area contributed by atoms with Crippen LogP contribution in [0.25, 0.3) is 0 Å². The third-order valence-electron chi connectivity index (χ3n) is 6.81. The van der Waals surface area contributed by atoms with E-state index in [4.69, 9.17) is 4.74 Å². The summed E-state index contributed by atoms with van der Waals surface area (Å²) in [5, 5.41) is 28.1. The summed E-state index contributed by atoms with van der Waals surface area (Å²) in [4.78, 5) is 29.7. The summed E-state index contributed by atoms with van der Waals surface area (Å²) < 4.78 is 5.88. The van der Waals surface area contributed by atoms with E-state index in [1.54, 1.807) is 24.3 Å². The first-order valence-corrected chi connectivity index (χ1v) is 13.8. The van der Waals surface area contributed by atoms with Crippen molar-refractivity contribution in [1.29, 1.82) is 0 Å². The summed E-state index contributed by atoms with van der Waals surface area (Å²) in [7, 11) is 0. The van der Waals surface area contributed by atoms with Gasteiger partial charge in [-0.1, -0.05) is 0 Å². The first-order chi connectivity index (χ1) is 20.0. The van der Waals surface area contributed by atoms with Gasteiger partial charge in [-0.05, 0) is 37.1 Å². The molecule has 0 amide bonds. The molecule has 0 aliphatic carbocycles. The molecule has 0 fully saturated rings. The molecule has 0 spiro atoms. The van der Waals surface area contributed by atoms with Gasteiger partial charge in [-0.15, -0.1) is 0 Å². The molecule has 2 aliphatic heterocycles. The van der Waals surface area contributed by atoms with E-state index >= 15 is 0 Å². The van der Waals surface area contributed by atoms with Gasteiger partial charge in [0.05, 0.1) is 36.4 Å². The highest BCUT2D eigenvalue weighted by atomic mass is 16.6. The molecule has 0 saturated heterocycles. The minimum absolute atomic E-state index is 0.0985. The molecule has 4 rings (SSSR count). The maximum absolute atomic E-state index is 10.7. The van der Waals surface area contributed by atoms with Crippen LogP contribution in [0.5, 0.6) is 0 Å². The van der Waals surface area contributed by atoms with E-state index in [1.165, 1.54) is 24.3 Å². The quantitative estimate of drug-likeness (QED) is 0.155. The molecule has 2 aliphatic rings. The SMILES string of the molecule is O=[N+]([O-])c1ccc(NCCCN2C=CN(CCOCCN3C=CN(CCCNc4ccc([N+](=O)[O-])cc4)C3)C2)cc1. The van der Waals surface area contributed by atoms with Gasteiger partial charge in [0.15, 0.2) is 0 Å². The van der Waals surface area contributed by atoms with Crippen molar-refractivity contribution in [2.45, 2.75) is 12.8 Å². The molecule has 2 aromatic rings. The Kier molecular flexibility index (Phi) is 11.0. The van der Waals surface area contributed by atoms with Crippen LogP contribution in [0.2, 0.25) is 0 Å². The molecule has 41 heavy (non-hydrogen) atoms. The maximum Gasteiger partial charge on any atom is 0.269 e. The van der Waals surface area contributed by atoms with E-state index in [9.17, 15) is 20.2 Å². The lowest BCUT2D eigenvalue weighted by Gasteiger charge is -2.22. The summed E-state index contributed by atoms with van der Waals surface area (Å²) in [5.41, 5.74) is 1.97. The Morgan fingerprint density at radius 2 is 0.976 bits per heavy atom. The second-order valence-corrected chi connectivity index (χ2v) is 9.91. The third kappa shape index (κ3) is 9.87. The Morgan fingerprint density at radius 1 is 0.610 bits per heavy atom. The Labute approximate surface area is 239 Å². The van der Waals surface area contributed by atoms with Crippen LogP contribution in [-0.4, -0.2) is 95.3 Å². The summed E-state index contributed by atoms with van der Waals surface area (Å²) in [6.07, 6.45) is 10.3. The molecule has 0 radical (unpaired) electrons. The zero-order chi connectivity index (χ0) is 28.9. The average Bonchev–Trinajstić information content (AvgIpc) is 3.63. The zero-order valence-corrected chi connectivity index (χ0v) is 23.1. The van der Waals surface area contributed by atoms with Gasteiger partial charge in [0.2, 0.25) is 0 Å². The van der Waals surface area contributed by atoms with Crippen molar-refractivity contribution in [3.05, 3.63) is 93.6 Å². The number of anilines is 2. The molecule has 0 atom stereocenters. The lowest BCUT2D eigenvalue weighted by molar-refractivity contribution is -0.385. The van der Waals surface area contributed by atoms with E-state index in [0.29, 0.717) is 13.2 Å². The van der Waals surface area contributed by atoms with Gasteiger partial charge in [-0.25, -0.2) is 0 Å².